The van der Waals surface area contributed by atoms with Crippen LogP contribution in [0.4, 0.5) is 0 Å². The minimum atomic E-state index is -2.84. The maximum atomic E-state index is 11.1. The lowest BCUT2D eigenvalue weighted by molar-refractivity contribution is 0.577. The van der Waals surface area contributed by atoms with Gasteiger partial charge in [0.1, 0.15) is 0 Å². The predicted molar refractivity (Wildman–Crippen MR) is 45.0 cm³/mol. The van der Waals surface area contributed by atoms with Crippen LogP contribution in [0, 0.1) is 6.42 Å². The summed E-state index contributed by atoms with van der Waals surface area (Å²) in [6.45, 7) is 1.52. The number of hydrogen-bond donors (Lipinski definition) is 1. The lowest BCUT2D eigenvalue weighted by Crippen LogP contribution is -2.30. The Morgan fingerprint density at radius 3 is 2.91 bits per heavy atom. The van der Waals surface area contributed by atoms with Crippen molar-refractivity contribution in [3.8, 4) is 0 Å². The summed E-state index contributed by atoms with van der Waals surface area (Å²) in [4.78, 5) is 0. The van der Waals surface area contributed by atoms with E-state index in [2.05, 4.69) is 5.32 Å². The van der Waals surface area contributed by atoms with Crippen molar-refractivity contribution in [1.29, 1.82) is 0 Å². The fraction of sp³-hybridized carbons (Fsp3) is 0.857. The molecule has 1 saturated heterocycles. The summed E-state index contributed by atoms with van der Waals surface area (Å²) < 4.78 is 22.2. The molecule has 1 fully saturated rings. The quantitative estimate of drug-likeness (QED) is 0.611. The lowest BCUT2D eigenvalue weighted by Gasteiger charge is -2.10. The zero-order chi connectivity index (χ0) is 8.32. The van der Waals surface area contributed by atoms with Gasteiger partial charge in [-0.15, -0.1) is 0 Å². The normalized spacial score (nSPS) is 27.9. The Morgan fingerprint density at radius 1 is 1.55 bits per heavy atom. The topological polar surface area (TPSA) is 46.2 Å². The van der Waals surface area contributed by atoms with Crippen LogP contribution in [0.25, 0.3) is 0 Å². The van der Waals surface area contributed by atoms with E-state index in [1.807, 2.05) is 6.42 Å². The van der Waals surface area contributed by atoms with Gasteiger partial charge in [-0.25, -0.2) is 8.42 Å². The van der Waals surface area contributed by atoms with E-state index in [1.165, 1.54) is 6.26 Å². The minimum absolute atomic E-state index is 0.204. The third-order valence-electron chi connectivity index (χ3n) is 1.93. The van der Waals surface area contributed by atoms with Crippen molar-refractivity contribution < 1.29 is 8.42 Å². The van der Waals surface area contributed by atoms with Crippen LogP contribution in [0.5, 0.6) is 0 Å². The molecule has 1 aliphatic heterocycles. The summed E-state index contributed by atoms with van der Waals surface area (Å²) in [6, 6.07) is 0. The number of hydrogen-bond acceptors (Lipinski definition) is 3. The van der Waals surface area contributed by atoms with Gasteiger partial charge in [-0.3, -0.25) is 0 Å². The van der Waals surface area contributed by atoms with E-state index in [4.69, 9.17) is 0 Å². The largest absolute Gasteiger partial charge is 0.315 e. The second-order valence-corrected chi connectivity index (χ2v) is 5.29. The van der Waals surface area contributed by atoms with Gasteiger partial charge in [0.05, 0.1) is 5.25 Å². The molecule has 0 bridgehead atoms. The molecule has 11 heavy (non-hydrogen) atoms. The minimum Gasteiger partial charge on any atom is -0.315 e. The van der Waals surface area contributed by atoms with Crippen LogP contribution in [0.15, 0.2) is 0 Å². The van der Waals surface area contributed by atoms with Crippen molar-refractivity contribution in [3.05, 3.63) is 6.42 Å². The summed E-state index contributed by atoms with van der Waals surface area (Å²) in [5.74, 6) is 0. The highest BCUT2D eigenvalue weighted by atomic mass is 32.2. The lowest BCUT2D eigenvalue weighted by atomic mass is 10.2. The van der Waals surface area contributed by atoms with Gasteiger partial charge in [0, 0.05) is 12.8 Å². The molecule has 0 aliphatic carbocycles. The monoisotopic (exact) mass is 176 g/mol. The molecule has 1 atom stereocenters. The first-order valence-electron chi connectivity index (χ1n) is 3.82. The first-order valence-corrected chi connectivity index (χ1v) is 5.77. The van der Waals surface area contributed by atoms with Crippen molar-refractivity contribution >= 4 is 9.84 Å². The van der Waals surface area contributed by atoms with E-state index in [1.54, 1.807) is 0 Å². The van der Waals surface area contributed by atoms with E-state index >= 15 is 0 Å². The molecule has 1 N–H and O–H groups in total. The van der Waals surface area contributed by atoms with Gasteiger partial charge >= 0.3 is 0 Å². The summed E-state index contributed by atoms with van der Waals surface area (Å²) in [6.07, 6.45) is 5.03. The van der Waals surface area contributed by atoms with Gasteiger partial charge in [0.2, 0.25) is 0 Å². The molecule has 0 spiro atoms. The van der Waals surface area contributed by atoms with Crippen LogP contribution < -0.4 is 5.32 Å². The van der Waals surface area contributed by atoms with Crippen molar-refractivity contribution in [2.75, 3.05) is 19.3 Å². The van der Waals surface area contributed by atoms with E-state index in [0.29, 0.717) is 13.0 Å². The molecule has 1 radical (unpaired) electrons. The van der Waals surface area contributed by atoms with Crippen molar-refractivity contribution in [3.63, 3.8) is 0 Å². The van der Waals surface area contributed by atoms with Gasteiger partial charge in [0.15, 0.2) is 9.84 Å². The van der Waals surface area contributed by atoms with Crippen molar-refractivity contribution in [1.82, 2.24) is 5.32 Å². The van der Waals surface area contributed by atoms with Crippen LogP contribution in [0.3, 0.4) is 0 Å². The maximum absolute atomic E-state index is 11.1. The smallest absolute Gasteiger partial charge is 0.151 e. The van der Waals surface area contributed by atoms with Gasteiger partial charge in [0.25, 0.3) is 0 Å². The molecule has 3 nitrogen and oxygen atoms in total. The average Bonchev–Trinajstić information content (AvgIpc) is 2.10. The Morgan fingerprint density at radius 2 is 2.27 bits per heavy atom. The summed E-state index contributed by atoms with van der Waals surface area (Å²) in [5.41, 5.74) is 0. The molecule has 1 rings (SSSR count). The Balaban J connectivity index is 2.57. The third-order valence-corrected chi connectivity index (χ3v) is 3.50. The van der Waals surface area contributed by atoms with Crippen LogP contribution in [-0.2, 0) is 9.84 Å². The van der Waals surface area contributed by atoms with Crippen LogP contribution in [-0.4, -0.2) is 33.0 Å². The molecule has 65 valence electrons. The Kier molecular flexibility index (Phi) is 2.90. The second kappa shape index (κ2) is 3.54. The summed E-state index contributed by atoms with van der Waals surface area (Å²) in [7, 11) is -2.84. The van der Waals surface area contributed by atoms with E-state index in [-0.39, 0.29) is 5.25 Å². The first kappa shape index (κ1) is 9.00. The van der Waals surface area contributed by atoms with Gasteiger partial charge < -0.3 is 5.32 Å². The number of rotatable bonds is 1. The highest BCUT2D eigenvalue weighted by Gasteiger charge is 2.21. The Bertz CT molecular complexity index is 202. The fourth-order valence-corrected chi connectivity index (χ4v) is 2.09. The van der Waals surface area contributed by atoms with Crippen LogP contribution >= 0.6 is 0 Å². The average molecular weight is 176 g/mol. The molecular weight excluding hydrogens is 162 g/mol. The maximum Gasteiger partial charge on any atom is 0.151 e. The zero-order valence-corrected chi connectivity index (χ0v) is 7.52. The van der Waals surface area contributed by atoms with E-state index in [0.717, 1.165) is 13.0 Å². The van der Waals surface area contributed by atoms with Crippen LogP contribution in [0.1, 0.15) is 12.8 Å². The standard InChI is InChI=1S/C7H14NO2S/c1-11(9,10)7-4-2-3-5-8-6-7/h2,7-8H,3-6H2,1H3. The summed E-state index contributed by atoms with van der Waals surface area (Å²) >= 11 is 0. The summed E-state index contributed by atoms with van der Waals surface area (Å²) in [5, 5.41) is 2.89. The van der Waals surface area contributed by atoms with Gasteiger partial charge in [-0.2, -0.15) is 0 Å². The van der Waals surface area contributed by atoms with Crippen LogP contribution in [0.2, 0.25) is 0 Å². The molecular formula is C7H14NO2S. The van der Waals surface area contributed by atoms with Gasteiger partial charge in [-0.05, 0) is 25.8 Å². The Hall–Kier alpha value is -0.0900. The molecule has 0 aromatic carbocycles. The van der Waals surface area contributed by atoms with E-state index < -0.39 is 9.84 Å². The zero-order valence-electron chi connectivity index (χ0n) is 6.71. The number of nitrogens with one attached hydrogen (secondary N) is 1. The molecule has 0 aromatic heterocycles. The second-order valence-electron chi connectivity index (χ2n) is 2.97. The molecule has 1 unspecified atom stereocenters. The predicted octanol–water partition coefficient (Wildman–Crippen LogP) is -0.0127. The van der Waals surface area contributed by atoms with Gasteiger partial charge in [-0.1, -0.05) is 0 Å². The first-order chi connectivity index (χ1) is 5.11. The molecule has 0 amide bonds. The van der Waals surface area contributed by atoms with Crippen molar-refractivity contribution in [2.24, 2.45) is 0 Å². The highest BCUT2D eigenvalue weighted by molar-refractivity contribution is 7.91. The number of sulfone groups is 1. The fourth-order valence-electron chi connectivity index (χ4n) is 1.18. The highest BCUT2D eigenvalue weighted by Crippen LogP contribution is 2.10. The van der Waals surface area contributed by atoms with Crippen molar-refractivity contribution in [2.45, 2.75) is 18.1 Å². The van der Waals surface area contributed by atoms with E-state index in [9.17, 15) is 8.42 Å². The molecule has 1 aliphatic rings. The Labute approximate surface area is 68.1 Å². The molecule has 0 saturated carbocycles. The SMILES string of the molecule is CS(=O)(=O)C1C[CH]CCNC1. The molecule has 0 aromatic rings. The molecule has 4 heteroatoms. The third kappa shape index (κ3) is 2.79. The molecule has 1 heterocycles.